The molecule has 19 heavy (non-hydrogen) atoms. The van der Waals surface area contributed by atoms with Gasteiger partial charge in [0.1, 0.15) is 5.82 Å². The van der Waals surface area contributed by atoms with Crippen molar-refractivity contribution in [3.63, 3.8) is 0 Å². The third kappa shape index (κ3) is 5.03. The molecule has 1 heterocycles. The van der Waals surface area contributed by atoms with E-state index in [1.165, 1.54) is 0 Å². The van der Waals surface area contributed by atoms with Crippen molar-refractivity contribution in [2.75, 3.05) is 43.9 Å². The molecule has 0 spiro atoms. The molecule has 0 amide bonds. The highest BCUT2D eigenvalue weighted by atomic mass is 15.3. The van der Waals surface area contributed by atoms with Crippen molar-refractivity contribution in [3.05, 3.63) is 12.3 Å². The van der Waals surface area contributed by atoms with E-state index in [2.05, 4.69) is 60.0 Å². The van der Waals surface area contributed by atoms with Crippen molar-refractivity contribution in [2.45, 2.75) is 33.2 Å². The van der Waals surface area contributed by atoms with E-state index in [0.717, 1.165) is 37.8 Å². The summed E-state index contributed by atoms with van der Waals surface area (Å²) in [6.45, 7) is 9.38. The van der Waals surface area contributed by atoms with Crippen LogP contribution in [0.25, 0.3) is 0 Å². The maximum atomic E-state index is 4.59. The number of hydrogen-bond acceptors (Lipinski definition) is 5. The zero-order chi connectivity index (χ0) is 14.3. The van der Waals surface area contributed by atoms with Crippen molar-refractivity contribution in [1.82, 2.24) is 14.9 Å². The highest BCUT2D eigenvalue weighted by Gasteiger charge is 2.15. The highest BCUT2D eigenvalue weighted by Crippen LogP contribution is 2.15. The van der Waals surface area contributed by atoms with Crippen LogP contribution in [0.2, 0.25) is 0 Å². The lowest BCUT2D eigenvalue weighted by atomic mass is 10.2. The first-order valence-electron chi connectivity index (χ1n) is 7.06. The summed E-state index contributed by atoms with van der Waals surface area (Å²) in [4.78, 5) is 13.4. The average molecular weight is 265 g/mol. The fourth-order valence-corrected chi connectivity index (χ4v) is 2.16. The van der Waals surface area contributed by atoms with Crippen LogP contribution >= 0.6 is 0 Å². The zero-order valence-electron chi connectivity index (χ0n) is 12.8. The Bertz CT molecular complexity index is 367. The molecule has 5 heteroatoms. The van der Waals surface area contributed by atoms with E-state index in [4.69, 9.17) is 0 Å². The summed E-state index contributed by atoms with van der Waals surface area (Å²) in [5.74, 6) is 1.71. The summed E-state index contributed by atoms with van der Waals surface area (Å²) in [6.07, 6.45) is 2.90. The Kier molecular flexibility index (Phi) is 6.56. The first-order chi connectivity index (χ1) is 9.08. The van der Waals surface area contributed by atoms with Crippen LogP contribution in [0, 0.1) is 0 Å². The quantitative estimate of drug-likeness (QED) is 0.779. The fraction of sp³-hybridized carbons (Fsp3) is 0.714. The number of anilines is 2. The summed E-state index contributed by atoms with van der Waals surface area (Å²) in [5.41, 5.74) is 0. The standard InChI is InChI=1S/C14H27N5/c1-6-9-15-14-16-10-8-13(17-14)19(7-2)12(3)11-18(4)5/h8,10,12H,6-7,9,11H2,1-5H3,(H,15,16,17). The first kappa shape index (κ1) is 15.7. The van der Waals surface area contributed by atoms with Gasteiger partial charge in [-0.2, -0.15) is 4.98 Å². The molecule has 0 aliphatic heterocycles. The SMILES string of the molecule is CCCNc1nccc(N(CC)C(C)CN(C)C)n1. The summed E-state index contributed by atoms with van der Waals surface area (Å²) in [6, 6.07) is 2.40. The summed E-state index contributed by atoms with van der Waals surface area (Å²) < 4.78 is 0. The molecule has 0 aliphatic carbocycles. The van der Waals surface area contributed by atoms with Crippen molar-refractivity contribution in [2.24, 2.45) is 0 Å². The minimum absolute atomic E-state index is 0.425. The molecule has 1 N–H and O–H groups in total. The van der Waals surface area contributed by atoms with E-state index in [0.29, 0.717) is 6.04 Å². The van der Waals surface area contributed by atoms with Gasteiger partial charge in [-0.15, -0.1) is 0 Å². The highest BCUT2D eigenvalue weighted by molar-refractivity contribution is 5.43. The predicted molar refractivity (Wildman–Crippen MR) is 81.8 cm³/mol. The second kappa shape index (κ2) is 7.94. The average Bonchev–Trinajstić information content (AvgIpc) is 2.37. The van der Waals surface area contributed by atoms with Gasteiger partial charge in [0.2, 0.25) is 5.95 Å². The smallest absolute Gasteiger partial charge is 0.224 e. The van der Waals surface area contributed by atoms with Crippen molar-refractivity contribution in [3.8, 4) is 0 Å². The second-order valence-electron chi connectivity index (χ2n) is 5.06. The monoisotopic (exact) mass is 265 g/mol. The molecular formula is C14H27N5. The van der Waals surface area contributed by atoms with Gasteiger partial charge in [0.05, 0.1) is 0 Å². The molecule has 0 saturated heterocycles. The topological polar surface area (TPSA) is 44.3 Å². The van der Waals surface area contributed by atoms with Gasteiger partial charge in [-0.1, -0.05) is 6.92 Å². The molecule has 0 radical (unpaired) electrons. The normalized spacial score (nSPS) is 12.5. The lowest BCUT2D eigenvalue weighted by Gasteiger charge is -2.31. The van der Waals surface area contributed by atoms with E-state index in [1.807, 2.05) is 12.3 Å². The molecule has 1 rings (SSSR count). The van der Waals surface area contributed by atoms with Gasteiger partial charge >= 0.3 is 0 Å². The molecule has 1 atom stereocenters. The van der Waals surface area contributed by atoms with Crippen LogP contribution in [-0.2, 0) is 0 Å². The maximum absolute atomic E-state index is 4.59. The van der Waals surface area contributed by atoms with Crippen LogP contribution in [0.5, 0.6) is 0 Å². The van der Waals surface area contributed by atoms with Crippen molar-refractivity contribution < 1.29 is 0 Å². The molecule has 0 saturated carbocycles. The molecule has 5 nitrogen and oxygen atoms in total. The van der Waals surface area contributed by atoms with Crippen LogP contribution in [0.1, 0.15) is 27.2 Å². The minimum atomic E-state index is 0.425. The number of likely N-dealkylation sites (N-methyl/N-ethyl adjacent to an activating group) is 2. The van der Waals surface area contributed by atoms with Crippen LogP contribution in [-0.4, -0.2) is 54.6 Å². The molecule has 108 valence electrons. The predicted octanol–water partition coefficient (Wildman–Crippen LogP) is 2.07. The lowest BCUT2D eigenvalue weighted by molar-refractivity contribution is 0.372. The third-order valence-corrected chi connectivity index (χ3v) is 2.97. The van der Waals surface area contributed by atoms with Gasteiger partial charge in [-0.3, -0.25) is 0 Å². The Morgan fingerprint density at radius 2 is 2.05 bits per heavy atom. The number of nitrogens with one attached hydrogen (secondary N) is 1. The van der Waals surface area contributed by atoms with Gasteiger partial charge in [0.25, 0.3) is 0 Å². The van der Waals surface area contributed by atoms with Gasteiger partial charge in [-0.05, 0) is 40.4 Å². The van der Waals surface area contributed by atoms with Crippen LogP contribution in [0.4, 0.5) is 11.8 Å². The number of hydrogen-bond donors (Lipinski definition) is 1. The fourth-order valence-electron chi connectivity index (χ4n) is 2.16. The molecule has 0 fully saturated rings. The Hall–Kier alpha value is -1.36. The molecular weight excluding hydrogens is 238 g/mol. The molecule has 1 aromatic rings. The van der Waals surface area contributed by atoms with Crippen LogP contribution in [0.3, 0.4) is 0 Å². The Balaban J connectivity index is 2.79. The van der Waals surface area contributed by atoms with E-state index in [1.54, 1.807) is 0 Å². The largest absolute Gasteiger partial charge is 0.354 e. The van der Waals surface area contributed by atoms with Gasteiger partial charge in [0, 0.05) is 31.9 Å². The van der Waals surface area contributed by atoms with E-state index in [-0.39, 0.29) is 0 Å². The Morgan fingerprint density at radius 3 is 2.63 bits per heavy atom. The van der Waals surface area contributed by atoms with E-state index in [9.17, 15) is 0 Å². The van der Waals surface area contributed by atoms with Gasteiger partial charge < -0.3 is 15.1 Å². The Morgan fingerprint density at radius 1 is 1.32 bits per heavy atom. The molecule has 0 aromatic carbocycles. The minimum Gasteiger partial charge on any atom is -0.354 e. The van der Waals surface area contributed by atoms with Gasteiger partial charge in [-0.25, -0.2) is 4.98 Å². The molecule has 0 bridgehead atoms. The van der Waals surface area contributed by atoms with Crippen molar-refractivity contribution >= 4 is 11.8 Å². The van der Waals surface area contributed by atoms with Gasteiger partial charge in [0.15, 0.2) is 0 Å². The lowest BCUT2D eigenvalue weighted by Crippen LogP contribution is -2.40. The maximum Gasteiger partial charge on any atom is 0.224 e. The zero-order valence-corrected chi connectivity index (χ0v) is 12.8. The molecule has 1 aromatic heterocycles. The van der Waals surface area contributed by atoms with Crippen LogP contribution < -0.4 is 10.2 Å². The molecule has 0 aliphatic rings. The first-order valence-corrected chi connectivity index (χ1v) is 7.06. The van der Waals surface area contributed by atoms with Crippen LogP contribution in [0.15, 0.2) is 12.3 Å². The molecule has 1 unspecified atom stereocenters. The van der Waals surface area contributed by atoms with Crippen molar-refractivity contribution in [1.29, 1.82) is 0 Å². The third-order valence-electron chi connectivity index (χ3n) is 2.97. The number of rotatable bonds is 8. The second-order valence-corrected chi connectivity index (χ2v) is 5.06. The summed E-state index contributed by atoms with van der Waals surface area (Å²) in [7, 11) is 4.19. The number of aromatic nitrogens is 2. The summed E-state index contributed by atoms with van der Waals surface area (Å²) in [5, 5.41) is 3.23. The Labute approximate surface area is 117 Å². The van der Waals surface area contributed by atoms with E-state index >= 15 is 0 Å². The number of nitrogens with zero attached hydrogens (tertiary/aromatic N) is 4. The van der Waals surface area contributed by atoms with E-state index < -0.39 is 0 Å². The summed E-state index contributed by atoms with van der Waals surface area (Å²) >= 11 is 0.